The van der Waals surface area contributed by atoms with Gasteiger partial charge in [-0.1, -0.05) is 31.0 Å². The van der Waals surface area contributed by atoms with E-state index in [1.807, 2.05) is 10.7 Å². The minimum atomic E-state index is -1.06. The lowest BCUT2D eigenvalue weighted by atomic mass is 9.34. The predicted molar refractivity (Wildman–Crippen MR) is 132 cm³/mol. The van der Waals surface area contributed by atoms with Crippen LogP contribution in [0.2, 0.25) is 0 Å². The van der Waals surface area contributed by atoms with Crippen LogP contribution in [0.25, 0.3) is 10.9 Å². The number of benzene rings is 2. The Kier molecular flexibility index (Phi) is 5.84. The van der Waals surface area contributed by atoms with E-state index in [0.717, 1.165) is 31.3 Å². The van der Waals surface area contributed by atoms with Gasteiger partial charge in [-0.2, -0.15) is 5.10 Å². The van der Waals surface area contributed by atoms with E-state index in [9.17, 15) is 18.0 Å². The standard InChI is InChI=1S/C29H32F3N3O/c30-21-7-4-6-20(12-21)26-13-22(31)15-34(26)27(36)10-2-1-3-11-28-16-29(17-28,18-28)19-35-25-9-5-8-24(32)23(25)14-33-35/h4-9,12,14,22,26H,1-3,10-11,13,15-19H2. The van der Waals surface area contributed by atoms with Crippen LogP contribution in [0.1, 0.15) is 69.4 Å². The number of aromatic nitrogens is 2. The van der Waals surface area contributed by atoms with Gasteiger partial charge in [-0.15, -0.1) is 0 Å². The lowest BCUT2D eigenvalue weighted by Crippen LogP contribution is -2.63. The van der Waals surface area contributed by atoms with Crippen molar-refractivity contribution in [1.82, 2.24) is 14.7 Å². The third kappa shape index (κ3) is 4.20. The third-order valence-corrected chi connectivity index (χ3v) is 8.77. The van der Waals surface area contributed by atoms with E-state index in [1.165, 1.54) is 43.9 Å². The molecule has 2 aromatic carbocycles. The summed E-state index contributed by atoms with van der Waals surface area (Å²) >= 11 is 0. The summed E-state index contributed by atoms with van der Waals surface area (Å²) in [7, 11) is 0. The van der Waals surface area contributed by atoms with Crippen LogP contribution in [0.4, 0.5) is 13.2 Å². The molecule has 36 heavy (non-hydrogen) atoms. The molecule has 2 bridgehead atoms. The van der Waals surface area contributed by atoms with Gasteiger partial charge in [-0.25, -0.2) is 13.2 Å². The molecule has 190 valence electrons. The molecule has 2 atom stereocenters. The van der Waals surface area contributed by atoms with Crippen molar-refractivity contribution in [3.05, 3.63) is 65.9 Å². The minimum Gasteiger partial charge on any atom is -0.333 e. The van der Waals surface area contributed by atoms with Crippen LogP contribution in [-0.2, 0) is 11.3 Å². The molecule has 0 N–H and O–H groups in total. The first kappa shape index (κ1) is 23.6. The van der Waals surface area contributed by atoms with Crippen LogP contribution >= 0.6 is 0 Å². The number of rotatable bonds is 9. The molecule has 2 unspecified atom stereocenters. The predicted octanol–water partition coefficient (Wildman–Crippen LogP) is 6.75. The van der Waals surface area contributed by atoms with E-state index in [4.69, 9.17) is 0 Å². The highest BCUT2D eigenvalue weighted by Gasteiger charge is 2.66. The van der Waals surface area contributed by atoms with Gasteiger partial charge in [0, 0.05) is 19.4 Å². The first-order chi connectivity index (χ1) is 17.4. The van der Waals surface area contributed by atoms with Crippen LogP contribution in [0.5, 0.6) is 0 Å². The molecule has 0 spiro atoms. The monoisotopic (exact) mass is 495 g/mol. The Morgan fingerprint density at radius 3 is 2.64 bits per heavy atom. The van der Waals surface area contributed by atoms with Crippen molar-refractivity contribution in [2.24, 2.45) is 10.8 Å². The van der Waals surface area contributed by atoms with Crippen molar-refractivity contribution in [2.45, 2.75) is 76.5 Å². The number of carbonyl (C=O) groups excluding carboxylic acids is 1. The van der Waals surface area contributed by atoms with Crippen molar-refractivity contribution in [3.8, 4) is 0 Å². The van der Waals surface area contributed by atoms with Gasteiger partial charge < -0.3 is 4.90 Å². The fourth-order valence-corrected chi connectivity index (χ4v) is 7.36. The number of halogens is 3. The smallest absolute Gasteiger partial charge is 0.223 e. The highest BCUT2D eigenvalue weighted by atomic mass is 19.1. The summed E-state index contributed by atoms with van der Waals surface area (Å²) < 4.78 is 43.7. The van der Waals surface area contributed by atoms with Gasteiger partial charge in [-0.3, -0.25) is 9.48 Å². The summed E-state index contributed by atoms with van der Waals surface area (Å²) in [6, 6.07) is 10.9. The Morgan fingerprint density at radius 1 is 1.03 bits per heavy atom. The lowest BCUT2D eigenvalue weighted by molar-refractivity contribution is -0.216. The van der Waals surface area contributed by atoms with Gasteiger partial charge in [0.05, 0.1) is 29.7 Å². The highest BCUT2D eigenvalue weighted by Crippen LogP contribution is 2.75. The summed E-state index contributed by atoms with van der Waals surface area (Å²) in [5.74, 6) is -0.605. The number of likely N-dealkylation sites (tertiary alicyclic amines) is 1. The summed E-state index contributed by atoms with van der Waals surface area (Å²) in [6.45, 7) is 0.956. The number of nitrogens with zero attached hydrogens (tertiary/aromatic N) is 3. The minimum absolute atomic E-state index is 0.0308. The van der Waals surface area contributed by atoms with Gasteiger partial charge in [0.25, 0.3) is 0 Å². The van der Waals surface area contributed by atoms with Gasteiger partial charge >= 0.3 is 0 Å². The van der Waals surface area contributed by atoms with Crippen molar-refractivity contribution in [2.75, 3.05) is 6.54 Å². The Bertz CT molecular complexity index is 1270. The maximum Gasteiger partial charge on any atom is 0.223 e. The van der Waals surface area contributed by atoms with Crippen LogP contribution < -0.4 is 0 Å². The number of carbonyl (C=O) groups is 1. The van der Waals surface area contributed by atoms with Crippen molar-refractivity contribution in [1.29, 1.82) is 0 Å². The van der Waals surface area contributed by atoms with E-state index < -0.39 is 6.17 Å². The Labute approximate surface area is 209 Å². The van der Waals surface area contributed by atoms with Crippen LogP contribution in [0.15, 0.2) is 48.7 Å². The zero-order valence-corrected chi connectivity index (χ0v) is 20.4. The first-order valence-electron chi connectivity index (χ1n) is 13.1. The summed E-state index contributed by atoms with van der Waals surface area (Å²) in [5.41, 5.74) is 2.30. The average molecular weight is 496 g/mol. The molecule has 7 rings (SSSR count). The third-order valence-electron chi connectivity index (χ3n) is 8.77. The number of amides is 1. The van der Waals surface area contributed by atoms with Crippen LogP contribution in [-0.4, -0.2) is 33.3 Å². The molecule has 3 aliphatic carbocycles. The molecular formula is C29H32F3N3O. The molecule has 4 fully saturated rings. The molecule has 0 radical (unpaired) electrons. The number of unbranched alkanes of at least 4 members (excludes halogenated alkanes) is 2. The maximum atomic E-state index is 14.1. The summed E-state index contributed by atoms with van der Waals surface area (Å²) in [5, 5.41) is 5.03. The molecule has 1 saturated heterocycles. The topological polar surface area (TPSA) is 38.1 Å². The van der Waals surface area contributed by atoms with E-state index in [2.05, 4.69) is 5.10 Å². The zero-order valence-electron chi connectivity index (χ0n) is 20.4. The van der Waals surface area contributed by atoms with Gasteiger partial charge in [0.15, 0.2) is 0 Å². The molecule has 3 aromatic rings. The number of hydrogen-bond acceptors (Lipinski definition) is 2. The highest BCUT2D eigenvalue weighted by molar-refractivity contribution is 5.79. The maximum absolute atomic E-state index is 14.1. The molecule has 4 nitrogen and oxygen atoms in total. The summed E-state index contributed by atoms with van der Waals surface area (Å²) in [6.07, 6.45) is 8.90. The largest absolute Gasteiger partial charge is 0.333 e. The molecule has 2 heterocycles. The van der Waals surface area contributed by atoms with Crippen LogP contribution in [0, 0.1) is 22.5 Å². The summed E-state index contributed by atoms with van der Waals surface area (Å²) in [4.78, 5) is 14.4. The number of alkyl halides is 1. The second-order valence-electron chi connectivity index (χ2n) is 11.5. The average Bonchev–Trinajstić information content (AvgIpc) is 3.40. The molecule has 1 amide bonds. The molecule has 1 aliphatic heterocycles. The van der Waals surface area contributed by atoms with Crippen molar-refractivity contribution < 1.29 is 18.0 Å². The first-order valence-corrected chi connectivity index (χ1v) is 13.1. The second kappa shape index (κ2) is 8.93. The van der Waals surface area contributed by atoms with Crippen molar-refractivity contribution >= 4 is 16.8 Å². The Hall–Kier alpha value is -2.83. The van der Waals surface area contributed by atoms with Crippen LogP contribution in [0.3, 0.4) is 0 Å². The van der Waals surface area contributed by atoms with E-state index in [-0.39, 0.29) is 36.5 Å². The Morgan fingerprint density at radius 2 is 1.83 bits per heavy atom. The van der Waals surface area contributed by atoms with Crippen molar-refractivity contribution in [3.63, 3.8) is 0 Å². The molecule has 1 aromatic heterocycles. The van der Waals surface area contributed by atoms with E-state index >= 15 is 0 Å². The molecule has 3 saturated carbocycles. The zero-order chi connectivity index (χ0) is 24.9. The second-order valence-corrected chi connectivity index (χ2v) is 11.5. The molecular weight excluding hydrogens is 463 g/mol. The number of hydrogen-bond donors (Lipinski definition) is 0. The normalized spacial score (nSPS) is 28.8. The Balaban J connectivity index is 0.938. The lowest BCUT2D eigenvalue weighted by Gasteiger charge is -2.71. The van der Waals surface area contributed by atoms with Gasteiger partial charge in [0.2, 0.25) is 5.91 Å². The molecule has 4 aliphatic rings. The fraction of sp³-hybridized carbons (Fsp3) is 0.517. The van der Waals surface area contributed by atoms with E-state index in [0.29, 0.717) is 28.2 Å². The van der Waals surface area contributed by atoms with Gasteiger partial charge in [0.1, 0.15) is 17.8 Å². The number of fused-ring (bicyclic) bond motifs is 1. The molecule has 7 heteroatoms. The SMILES string of the molecule is O=C(CCCCCC12CC(Cn3ncc4c(F)cccc43)(C1)C2)N1CC(F)CC1c1cccc(F)c1. The van der Waals surface area contributed by atoms with Gasteiger partial charge in [-0.05, 0) is 72.8 Å². The quantitative estimate of drug-likeness (QED) is 0.308. The fourth-order valence-electron chi connectivity index (χ4n) is 7.36. The van der Waals surface area contributed by atoms with E-state index in [1.54, 1.807) is 29.3 Å².